The summed E-state index contributed by atoms with van der Waals surface area (Å²) in [6, 6.07) is 10.6. The van der Waals surface area contributed by atoms with Crippen LogP contribution >= 0.6 is 0 Å². The molecule has 0 aromatic carbocycles. The van der Waals surface area contributed by atoms with E-state index in [0.717, 1.165) is 5.69 Å². The molecule has 0 saturated carbocycles. The minimum Gasteiger partial charge on any atom is -0.373 e. The molecule has 0 aliphatic carbocycles. The van der Waals surface area contributed by atoms with Gasteiger partial charge in [-0.15, -0.1) is 0 Å². The lowest BCUT2D eigenvalue weighted by Crippen LogP contribution is -2.35. The van der Waals surface area contributed by atoms with Crippen molar-refractivity contribution in [1.82, 2.24) is 34.8 Å². The third kappa shape index (κ3) is 3.90. The maximum Gasteiger partial charge on any atom is 0.262 e. The second-order valence-corrected chi connectivity index (χ2v) is 8.37. The first-order chi connectivity index (χ1) is 16.3. The number of aryl methyl sites for hydroxylation is 1. The molecule has 1 aliphatic heterocycles. The fourth-order valence-electron chi connectivity index (χ4n) is 3.90. The number of amides is 1. The second-order valence-electron chi connectivity index (χ2n) is 8.37. The first-order valence-electron chi connectivity index (χ1n) is 10.9. The van der Waals surface area contributed by atoms with Crippen molar-refractivity contribution in [3.8, 4) is 22.8 Å². The molecule has 11 nitrogen and oxygen atoms in total. The van der Waals surface area contributed by atoms with Crippen molar-refractivity contribution < 1.29 is 14.4 Å². The van der Waals surface area contributed by atoms with Crippen molar-refractivity contribution in [2.75, 3.05) is 18.9 Å². The summed E-state index contributed by atoms with van der Waals surface area (Å²) < 4.78 is 7.09. The number of hydrogen-bond donors (Lipinski definition) is 2. The van der Waals surface area contributed by atoms with E-state index in [2.05, 4.69) is 30.5 Å². The molecule has 5 heterocycles. The van der Waals surface area contributed by atoms with Crippen LogP contribution in [-0.2, 0) is 17.4 Å². The number of aromatic nitrogens is 6. The van der Waals surface area contributed by atoms with E-state index >= 15 is 0 Å². The highest BCUT2D eigenvalue weighted by Gasteiger charge is 2.48. The summed E-state index contributed by atoms with van der Waals surface area (Å²) >= 11 is 0. The van der Waals surface area contributed by atoms with Crippen LogP contribution in [0.3, 0.4) is 0 Å². The second kappa shape index (κ2) is 8.34. The molecule has 2 atom stereocenters. The lowest BCUT2D eigenvalue weighted by molar-refractivity contribution is -0.144. The number of nitrogens with one attached hydrogen (secondary N) is 1. The van der Waals surface area contributed by atoms with Gasteiger partial charge in [-0.2, -0.15) is 5.10 Å². The van der Waals surface area contributed by atoms with Crippen molar-refractivity contribution in [3.63, 3.8) is 0 Å². The summed E-state index contributed by atoms with van der Waals surface area (Å²) in [4.78, 5) is 27.4. The normalized spacial score (nSPS) is 18.9. The van der Waals surface area contributed by atoms with Crippen LogP contribution in [-0.4, -0.2) is 59.4 Å². The highest BCUT2D eigenvalue weighted by Crippen LogP contribution is 2.34. The lowest BCUT2D eigenvalue weighted by Gasteiger charge is -2.16. The van der Waals surface area contributed by atoms with Gasteiger partial charge in [-0.05, 0) is 31.2 Å². The molecule has 0 radical (unpaired) electrons. The summed E-state index contributed by atoms with van der Waals surface area (Å²) in [5, 5.41) is 22.5. The number of rotatable bonds is 6. The van der Waals surface area contributed by atoms with Gasteiger partial charge in [0, 0.05) is 45.5 Å². The van der Waals surface area contributed by atoms with Gasteiger partial charge < -0.3 is 19.8 Å². The third-order valence-electron chi connectivity index (χ3n) is 5.88. The zero-order valence-electron chi connectivity index (χ0n) is 19.0. The monoisotopic (exact) mass is 460 g/mol. The molecule has 1 amide bonds. The standard InChI is InChI=1S/C23H24N8O3/c1-14(15-8-11-31(3)28-15)25-22-24-10-7-18(27-22)16-5-4-6-17(26-16)19-13-20(34-29-19)23(33)9-12-30(2)21(23)32/h4-8,10-11,13-14,33H,9,12H2,1-3H3,(H,24,25,27)/t14-,23-/m1/s1. The number of likely N-dealkylation sites (N-methyl/N-ethyl adjacent to an activating group) is 1. The zero-order valence-corrected chi connectivity index (χ0v) is 19.0. The number of nitrogens with zero attached hydrogens (tertiary/aromatic N) is 7. The number of carbonyl (C=O) groups is 1. The average molecular weight is 460 g/mol. The number of hydrogen-bond acceptors (Lipinski definition) is 9. The summed E-state index contributed by atoms with van der Waals surface area (Å²) in [7, 11) is 3.51. The Morgan fingerprint density at radius 1 is 1.12 bits per heavy atom. The number of aliphatic hydroxyl groups is 1. The molecule has 0 unspecified atom stereocenters. The van der Waals surface area contributed by atoms with E-state index in [9.17, 15) is 9.90 Å². The van der Waals surface area contributed by atoms with E-state index in [1.165, 1.54) is 4.90 Å². The zero-order chi connectivity index (χ0) is 23.9. The van der Waals surface area contributed by atoms with Gasteiger partial charge in [0.1, 0.15) is 5.69 Å². The molecule has 2 N–H and O–H groups in total. The molecule has 34 heavy (non-hydrogen) atoms. The molecule has 11 heteroatoms. The van der Waals surface area contributed by atoms with Gasteiger partial charge in [0.05, 0.1) is 28.8 Å². The Morgan fingerprint density at radius 3 is 2.59 bits per heavy atom. The summed E-state index contributed by atoms with van der Waals surface area (Å²) in [6.45, 7) is 2.43. The molecule has 4 aromatic rings. The molecule has 0 spiro atoms. The maximum atomic E-state index is 12.4. The first kappa shape index (κ1) is 21.7. The Hall–Kier alpha value is -4.12. The number of anilines is 1. The number of carbonyl (C=O) groups excluding carboxylic acids is 1. The molecule has 0 bridgehead atoms. The van der Waals surface area contributed by atoms with Gasteiger partial charge in [-0.3, -0.25) is 9.48 Å². The SMILES string of the molecule is C[C@@H](Nc1nccc(-c2cccc(-c3cc([C@]4(O)CCN(C)C4=O)on3)n2)n1)c1ccn(C)n1. The van der Waals surface area contributed by atoms with Gasteiger partial charge in [0.2, 0.25) is 11.5 Å². The third-order valence-corrected chi connectivity index (χ3v) is 5.88. The average Bonchev–Trinajstić information content (AvgIpc) is 3.57. The van der Waals surface area contributed by atoms with Crippen LogP contribution < -0.4 is 5.32 Å². The van der Waals surface area contributed by atoms with E-state index in [0.29, 0.717) is 35.3 Å². The van der Waals surface area contributed by atoms with Crippen LogP contribution in [0.2, 0.25) is 0 Å². The molecular formula is C23H24N8O3. The summed E-state index contributed by atoms with van der Waals surface area (Å²) in [5.41, 5.74) is 1.38. The van der Waals surface area contributed by atoms with E-state index in [4.69, 9.17) is 4.52 Å². The van der Waals surface area contributed by atoms with Gasteiger partial charge in [-0.1, -0.05) is 11.2 Å². The maximum absolute atomic E-state index is 12.4. The number of pyridine rings is 1. The van der Waals surface area contributed by atoms with Crippen LogP contribution in [0, 0.1) is 0 Å². The van der Waals surface area contributed by atoms with E-state index in [-0.39, 0.29) is 18.2 Å². The number of likely N-dealkylation sites (tertiary alicyclic amines) is 1. The Labute approximate surface area is 195 Å². The highest BCUT2D eigenvalue weighted by atomic mass is 16.5. The minimum atomic E-state index is -1.70. The predicted octanol–water partition coefficient (Wildman–Crippen LogP) is 2.15. The Bertz CT molecular complexity index is 1350. The van der Waals surface area contributed by atoms with Crippen molar-refractivity contribution in [2.24, 2.45) is 7.05 Å². The van der Waals surface area contributed by atoms with Crippen molar-refractivity contribution >= 4 is 11.9 Å². The Balaban J connectivity index is 1.38. The smallest absolute Gasteiger partial charge is 0.262 e. The predicted molar refractivity (Wildman–Crippen MR) is 122 cm³/mol. The van der Waals surface area contributed by atoms with Crippen LogP contribution in [0.25, 0.3) is 22.8 Å². The summed E-state index contributed by atoms with van der Waals surface area (Å²) in [6.07, 6.45) is 3.79. The van der Waals surface area contributed by atoms with Crippen LogP contribution in [0.1, 0.15) is 30.8 Å². The van der Waals surface area contributed by atoms with Gasteiger partial charge in [0.25, 0.3) is 5.91 Å². The minimum absolute atomic E-state index is 0.0764. The highest BCUT2D eigenvalue weighted by molar-refractivity contribution is 5.87. The summed E-state index contributed by atoms with van der Waals surface area (Å²) in [5.74, 6) is 0.164. The van der Waals surface area contributed by atoms with Crippen molar-refractivity contribution in [2.45, 2.75) is 25.0 Å². The fraction of sp³-hybridized carbons (Fsp3) is 0.304. The molecule has 174 valence electrons. The molecule has 1 fully saturated rings. The fourth-order valence-corrected chi connectivity index (χ4v) is 3.90. The van der Waals surface area contributed by atoms with E-state index in [1.807, 2.05) is 38.4 Å². The van der Waals surface area contributed by atoms with Gasteiger partial charge >= 0.3 is 0 Å². The van der Waals surface area contributed by atoms with Crippen molar-refractivity contribution in [1.29, 1.82) is 0 Å². The lowest BCUT2D eigenvalue weighted by atomic mass is 9.98. The Morgan fingerprint density at radius 2 is 1.88 bits per heavy atom. The van der Waals surface area contributed by atoms with E-state index < -0.39 is 11.5 Å². The largest absolute Gasteiger partial charge is 0.373 e. The molecule has 4 aromatic heterocycles. The molecule has 1 aliphatic rings. The topological polar surface area (TPSA) is 135 Å². The quantitative estimate of drug-likeness (QED) is 0.444. The van der Waals surface area contributed by atoms with Crippen LogP contribution in [0.4, 0.5) is 5.95 Å². The molecule has 5 rings (SSSR count). The molecular weight excluding hydrogens is 436 g/mol. The van der Waals surface area contributed by atoms with Gasteiger partial charge in [0.15, 0.2) is 5.76 Å². The van der Waals surface area contributed by atoms with Crippen LogP contribution in [0.5, 0.6) is 0 Å². The van der Waals surface area contributed by atoms with Gasteiger partial charge in [-0.25, -0.2) is 15.0 Å². The van der Waals surface area contributed by atoms with Crippen LogP contribution in [0.15, 0.2) is 53.3 Å². The Kier molecular flexibility index (Phi) is 5.33. The van der Waals surface area contributed by atoms with Crippen molar-refractivity contribution in [3.05, 3.63) is 60.2 Å². The first-order valence-corrected chi connectivity index (χ1v) is 10.9. The van der Waals surface area contributed by atoms with E-state index in [1.54, 1.807) is 36.1 Å². The molecule has 1 saturated heterocycles.